The Kier molecular flexibility index (Phi) is 4.14. The molecule has 1 aromatic carbocycles. The number of carbonyl (C=O) groups excluding carboxylic acids is 2. The lowest BCUT2D eigenvalue weighted by molar-refractivity contribution is -0.138. The minimum atomic E-state index is -3.81. The van der Waals surface area contributed by atoms with E-state index in [9.17, 15) is 18.0 Å². The van der Waals surface area contributed by atoms with Crippen LogP contribution in [0.4, 0.5) is 0 Å². The number of rotatable bonds is 3. The van der Waals surface area contributed by atoms with E-state index < -0.39 is 21.6 Å². The number of aryl methyl sites for hydroxylation is 1. The summed E-state index contributed by atoms with van der Waals surface area (Å²) in [6.07, 6.45) is 1.83. The largest absolute Gasteiger partial charge is 0.299 e. The van der Waals surface area contributed by atoms with Gasteiger partial charge in [0.2, 0.25) is 0 Å². The minimum Gasteiger partial charge on any atom is -0.299 e. The van der Waals surface area contributed by atoms with Crippen molar-refractivity contribution >= 4 is 21.7 Å². The SMILES string of the molecule is Cc1ccc(S(=O)(=O)OC2CCC3(CC2)C(=O)CCC3=O)cc1. The van der Waals surface area contributed by atoms with Gasteiger partial charge in [-0.1, -0.05) is 17.7 Å². The van der Waals surface area contributed by atoms with Crippen LogP contribution in [0.2, 0.25) is 0 Å². The Morgan fingerprint density at radius 2 is 1.52 bits per heavy atom. The summed E-state index contributed by atoms with van der Waals surface area (Å²) < 4.78 is 29.9. The van der Waals surface area contributed by atoms with Crippen molar-refractivity contribution in [3.63, 3.8) is 0 Å². The molecule has 0 N–H and O–H groups in total. The van der Waals surface area contributed by atoms with Crippen molar-refractivity contribution < 1.29 is 22.2 Å². The Labute approximate surface area is 136 Å². The molecule has 2 aliphatic carbocycles. The smallest absolute Gasteiger partial charge is 0.297 e. The van der Waals surface area contributed by atoms with Crippen LogP contribution in [0.3, 0.4) is 0 Å². The molecule has 2 aliphatic rings. The lowest BCUT2D eigenvalue weighted by atomic mass is 9.71. The Morgan fingerprint density at radius 3 is 2.04 bits per heavy atom. The molecular weight excluding hydrogens is 316 g/mol. The molecule has 124 valence electrons. The first-order chi connectivity index (χ1) is 10.8. The van der Waals surface area contributed by atoms with Crippen molar-refractivity contribution in [2.75, 3.05) is 0 Å². The molecule has 1 spiro atoms. The fourth-order valence-corrected chi connectivity index (χ4v) is 4.67. The zero-order chi connectivity index (χ0) is 16.7. The molecule has 5 nitrogen and oxygen atoms in total. The summed E-state index contributed by atoms with van der Waals surface area (Å²) in [6, 6.07) is 6.50. The zero-order valence-electron chi connectivity index (χ0n) is 13.1. The monoisotopic (exact) mass is 336 g/mol. The van der Waals surface area contributed by atoms with Gasteiger partial charge in [-0.15, -0.1) is 0 Å². The van der Waals surface area contributed by atoms with Gasteiger partial charge in [-0.3, -0.25) is 13.8 Å². The molecule has 0 aliphatic heterocycles. The van der Waals surface area contributed by atoms with Crippen LogP contribution in [0.1, 0.15) is 44.1 Å². The van der Waals surface area contributed by atoms with Gasteiger partial charge in [0.05, 0.1) is 16.4 Å². The first-order valence-corrected chi connectivity index (χ1v) is 9.31. The van der Waals surface area contributed by atoms with E-state index in [1.54, 1.807) is 12.1 Å². The van der Waals surface area contributed by atoms with Gasteiger partial charge in [-0.05, 0) is 44.7 Å². The Balaban J connectivity index is 1.68. The number of benzene rings is 1. The van der Waals surface area contributed by atoms with Crippen LogP contribution in [0, 0.1) is 12.3 Å². The quantitative estimate of drug-likeness (QED) is 0.626. The molecule has 2 fully saturated rings. The van der Waals surface area contributed by atoms with Gasteiger partial charge >= 0.3 is 0 Å². The molecule has 3 rings (SSSR count). The van der Waals surface area contributed by atoms with Crippen molar-refractivity contribution in [3.05, 3.63) is 29.8 Å². The van der Waals surface area contributed by atoms with Crippen LogP contribution < -0.4 is 0 Å². The molecule has 0 radical (unpaired) electrons. The van der Waals surface area contributed by atoms with Gasteiger partial charge in [0.1, 0.15) is 11.6 Å². The zero-order valence-corrected chi connectivity index (χ0v) is 13.9. The highest BCUT2D eigenvalue weighted by Gasteiger charge is 2.51. The first-order valence-electron chi connectivity index (χ1n) is 7.90. The molecule has 6 heteroatoms. The Bertz CT molecular complexity index is 707. The number of Topliss-reactive ketones (excluding diaryl/α,β-unsaturated/α-hetero) is 2. The average Bonchev–Trinajstić information content (AvgIpc) is 2.78. The third-order valence-electron chi connectivity index (χ3n) is 5.01. The topological polar surface area (TPSA) is 77.5 Å². The predicted molar refractivity (Wildman–Crippen MR) is 83.4 cm³/mol. The second kappa shape index (κ2) is 5.83. The van der Waals surface area contributed by atoms with Crippen molar-refractivity contribution in [2.45, 2.75) is 56.4 Å². The van der Waals surface area contributed by atoms with E-state index in [1.165, 1.54) is 12.1 Å². The number of hydrogen-bond acceptors (Lipinski definition) is 5. The van der Waals surface area contributed by atoms with Crippen molar-refractivity contribution in [3.8, 4) is 0 Å². The Morgan fingerprint density at radius 1 is 1.00 bits per heavy atom. The molecule has 0 unspecified atom stereocenters. The van der Waals surface area contributed by atoms with E-state index in [0.29, 0.717) is 38.5 Å². The van der Waals surface area contributed by atoms with Gasteiger partial charge in [-0.2, -0.15) is 8.42 Å². The van der Waals surface area contributed by atoms with E-state index >= 15 is 0 Å². The summed E-state index contributed by atoms with van der Waals surface area (Å²) in [7, 11) is -3.81. The van der Waals surface area contributed by atoms with Crippen molar-refractivity contribution in [1.29, 1.82) is 0 Å². The standard InChI is InChI=1S/C17H20O5S/c1-12-2-4-14(5-3-12)23(20,21)22-13-8-10-17(11-9-13)15(18)6-7-16(17)19/h2-5,13H,6-11H2,1H3. The Hall–Kier alpha value is -1.53. The second-order valence-electron chi connectivity index (χ2n) is 6.49. The second-order valence-corrected chi connectivity index (χ2v) is 8.06. The van der Waals surface area contributed by atoms with Gasteiger partial charge in [0.15, 0.2) is 0 Å². The highest BCUT2D eigenvalue weighted by Crippen LogP contribution is 2.45. The molecular formula is C17H20O5S. The van der Waals surface area contributed by atoms with E-state index in [2.05, 4.69) is 0 Å². The normalized spacial score (nSPS) is 22.0. The lowest BCUT2D eigenvalue weighted by Crippen LogP contribution is -2.39. The predicted octanol–water partition coefficient (Wildman–Crippen LogP) is 2.56. The number of hydrogen-bond donors (Lipinski definition) is 0. The highest BCUT2D eigenvalue weighted by molar-refractivity contribution is 7.86. The summed E-state index contributed by atoms with van der Waals surface area (Å²) in [5.41, 5.74) is 0.120. The molecule has 0 atom stereocenters. The molecule has 2 saturated carbocycles. The van der Waals surface area contributed by atoms with Crippen LogP contribution in [-0.4, -0.2) is 26.1 Å². The van der Waals surface area contributed by atoms with Crippen LogP contribution in [-0.2, 0) is 23.9 Å². The van der Waals surface area contributed by atoms with Crippen LogP contribution in [0.5, 0.6) is 0 Å². The number of ketones is 2. The highest BCUT2D eigenvalue weighted by atomic mass is 32.2. The number of carbonyl (C=O) groups is 2. The molecule has 0 heterocycles. The minimum absolute atomic E-state index is 0.0161. The van der Waals surface area contributed by atoms with Crippen molar-refractivity contribution in [2.24, 2.45) is 5.41 Å². The summed E-state index contributed by atoms with van der Waals surface area (Å²) in [4.78, 5) is 24.2. The van der Waals surface area contributed by atoms with Gasteiger partial charge in [-0.25, -0.2) is 0 Å². The van der Waals surface area contributed by atoms with E-state index in [1.807, 2.05) is 6.92 Å². The van der Waals surface area contributed by atoms with Crippen molar-refractivity contribution in [1.82, 2.24) is 0 Å². The first kappa shape index (κ1) is 16.3. The fraction of sp³-hybridized carbons (Fsp3) is 0.529. The molecule has 0 amide bonds. The third-order valence-corrected chi connectivity index (χ3v) is 6.38. The summed E-state index contributed by atoms with van der Waals surface area (Å²) in [6.45, 7) is 1.88. The van der Waals surface area contributed by atoms with E-state index in [0.717, 1.165) is 5.56 Å². The van der Waals surface area contributed by atoms with Crippen LogP contribution >= 0.6 is 0 Å². The maximum Gasteiger partial charge on any atom is 0.297 e. The van der Waals surface area contributed by atoms with E-state index in [-0.39, 0.29) is 16.5 Å². The molecule has 1 aromatic rings. The molecule has 0 bridgehead atoms. The average molecular weight is 336 g/mol. The van der Waals surface area contributed by atoms with Gasteiger partial charge in [0, 0.05) is 12.8 Å². The summed E-state index contributed by atoms with van der Waals surface area (Å²) in [5, 5.41) is 0. The molecule has 23 heavy (non-hydrogen) atoms. The van der Waals surface area contributed by atoms with Gasteiger partial charge in [0.25, 0.3) is 10.1 Å². The van der Waals surface area contributed by atoms with Crippen LogP contribution in [0.25, 0.3) is 0 Å². The maximum atomic E-state index is 12.3. The lowest BCUT2D eigenvalue weighted by Gasteiger charge is -2.34. The molecule has 0 saturated heterocycles. The third kappa shape index (κ3) is 2.97. The van der Waals surface area contributed by atoms with Gasteiger partial charge < -0.3 is 0 Å². The van der Waals surface area contributed by atoms with E-state index in [4.69, 9.17) is 4.18 Å². The summed E-state index contributed by atoms with van der Waals surface area (Å²) in [5.74, 6) is 0.0321. The van der Waals surface area contributed by atoms with Crippen LogP contribution in [0.15, 0.2) is 29.2 Å². The molecule has 0 aromatic heterocycles. The fourth-order valence-electron chi connectivity index (χ4n) is 3.54. The summed E-state index contributed by atoms with van der Waals surface area (Å²) >= 11 is 0. The maximum absolute atomic E-state index is 12.3.